The molecule has 3 aromatic rings. The molecule has 10 nitrogen and oxygen atoms in total. The predicted molar refractivity (Wildman–Crippen MR) is 155 cm³/mol. The molecule has 0 atom stereocenters. The van der Waals surface area contributed by atoms with E-state index < -0.39 is 22.0 Å². The van der Waals surface area contributed by atoms with Crippen molar-refractivity contribution < 1.29 is 33.0 Å². The topological polar surface area (TPSA) is 144 Å². The van der Waals surface area contributed by atoms with Gasteiger partial charge in [0.25, 0.3) is 0 Å². The van der Waals surface area contributed by atoms with Crippen LogP contribution in [0, 0.1) is 0 Å². The summed E-state index contributed by atoms with van der Waals surface area (Å²) in [5.74, 6) is -3.83. The normalized spacial score (nSPS) is 14.1. The summed E-state index contributed by atoms with van der Waals surface area (Å²) >= 11 is 0. The molecule has 1 amide bonds. The van der Waals surface area contributed by atoms with Gasteiger partial charge < -0.3 is 15.5 Å². The first-order valence-electron chi connectivity index (χ1n) is 13.2. The van der Waals surface area contributed by atoms with Crippen molar-refractivity contribution in [3.63, 3.8) is 0 Å². The van der Waals surface area contributed by atoms with Crippen molar-refractivity contribution >= 4 is 33.6 Å². The van der Waals surface area contributed by atoms with E-state index in [2.05, 4.69) is 58.7 Å². The van der Waals surface area contributed by atoms with Crippen molar-refractivity contribution in [1.29, 1.82) is 0 Å². The number of carboxylic acids is 2. The maximum atomic E-state index is 13.2. The van der Waals surface area contributed by atoms with Gasteiger partial charge in [-0.3, -0.25) is 9.69 Å². The van der Waals surface area contributed by atoms with Crippen LogP contribution in [0.1, 0.15) is 30.9 Å². The highest BCUT2D eigenvalue weighted by Crippen LogP contribution is 2.25. The molecule has 11 heteroatoms. The Balaban J connectivity index is 0.000000696. The van der Waals surface area contributed by atoms with Gasteiger partial charge in [-0.2, -0.15) is 4.31 Å². The van der Waals surface area contributed by atoms with Crippen LogP contribution in [0.5, 0.6) is 0 Å². The maximum Gasteiger partial charge on any atom is 0.414 e. The third-order valence-electron chi connectivity index (χ3n) is 6.69. The standard InChI is InChI=1S/C28H33N3O3S.C2H2O4/c1-23(32)29-26-12-14-28(15-13-26)35(33,34)31-20-17-27(18-21-31)30(22-25-10-6-3-7-11-25)19-16-24-8-4-2-5-9-24;3-1(4)2(5)6/h2-15,27H,16-22H2,1H3,(H,29,32);(H,3,4)(H,5,6). The smallest absolute Gasteiger partial charge is 0.414 e. The van der Waals surface area contributed by atoms with E-state index in [-0.39, 0.29) is 10.8 Å². The highest BCUT2D eigenvalue weighted by molar-refractivity contribution is 7.89. The van der Waals surface area contributed by atoms with Gasteiger partial charge in [0.05, 0.1) is 4.90 Å². The number of amides is 1. The molecule has 1 saturated heterocycles. The summed E-state index contributed by atoms with van der Waals surface area (Å²) in [5.41, 5.74) is 3.17. The summed E-state index contributed by atoms with van der Waals surface area (Å²) < 4.78 is 28.0. The van der Waals surface area contributed by atoms with Gasteiger partial charge in [0.15, 0.2) is 0 Å². The fourth-order valence-corrected chi connectivity index (χ4v) is 6.11. The van der Waals surface area contributed by atoms with Gasteiger partial charge in [0.1, 0.15) is 0 Å². The Bertz CT molecular complexity index is 1380. The van der Waals surface area contributed by atoms with Gasteiger partial charge in [0, 0.05) is 44.8 Å². The molecule has 0 unspecified atom stereocenters. The van der Waals surface area contributed by atoms with E-state index >= 15 is 0 Å². The molecule has 0 aliphatic carbocycles. The van der Waals surface area contributed by atoms with E-state index in [1.54, 1.807) is 28.6 Å². The fourth-order valence-electron chi connectivity index (χ4n) is 4.64. The van der Waals surface area contributed by atoms with Gasteiger partial charge in [-0.25, -0.2) is 18.0 Å². The zero-order valence-electron chi connectivity index (χ0n) is 22.8. The number of nitrogens with one attached hydrogen (secondary N) is 1. The first kappa shape index (κ1) is 31.5. The second kappa shape index (κ2) is 15.1. The fraction of sp³-hybridized carbons (Fsp3) is 0.300. The van der Waals surface area contributed by atoms with Crippen molar-refractivity contribution in [3.8, 4) is 0 Å². The van der Waals surface area contributed by atoms with Crippen LogP contribution in [0.4, 0.5) is 5.69 Å². The lowest BCUT2D eigenvalue weighted by molar-refractivity contribution is -0.159. The van der Waals surface area contributed by atoms with E-state index in [1.807, 2.05) is 12.1 Å². The molecule has 0 spiro atoms. The monoisotopic (exact) mass is 581 g/mol. The highest BCUT2D eigenvalue weighted by atomic mass is 32.2. The second-order valence-electron chi connectivity index (χ2n) is 9.64. The number of carbonyl (C=O) groups excluding carboxylic acids is 1. The summed E-state index contributed by atoms with van der Waals surface area (Å²) in [5, 5.41) is 17.5. The average molecular weight is 582 g/mol. The van der Waals surface area contributed by atoms with Gasteiger partial charge in [-0.1, -0.05) is 60.7 Å². The van der Waals surface area contributed by atoms with E-state index in [9.17, 15) is 13.2 Å². The third kappa shape index (κ3) is 9.82. The number of carboxylic acid groups (broad SMARTS) is 2. The van der Waals surface area contributed by atoms with Gasteiger partial charge in [-0.15, -0.1) is 0 Å². The Hall–Kier alpha value is -4.06. The third-order valence-corrected chi connectivity index (χ3v) is 8.61. The van der Waals surface area contributed by atoms with Crippen LogP contribution in [0.25, 0.3) is 0 Å². The molecule has 1 aliphatic heterocycles. The molecule has 0 aromatic heterocycles. The number of aliphatic carboxylic acids is 2. The molecule has 4 rings (SSSR count). The summed E-state index contributed by atoms with van der Waals surface area (Å²) in [7, 11) is -3.57. The van der Waals surface area contributed by atoms with Crippen LogP contribution < -0.4 is 5.32 Å². The predicted octanol–water partition coefficient (Wildman–Crippen LogP) is 3.70. The second-order valence-corrected chi connectivity index (χ2v) is 11.6. The van der Waals surface area contributed by atoms with Gasteiger partial charge >= 0.3 is 11.9 Å². The Morgan fingerprint density at radius 1 is 0.829 bits per heavy atom. The largest absolute Gasteiger partial charge is 0.473 e. The number of hydrogen-bond donors (Lipinski definition) is 3. The van der Waals surface area contributed by atoms with Crippen LogP contribution in [0.2, 0.25) is 0 Å². The van der Waals surface area contributed by atoms with Crippen LogP contribution in [-0.4, -0.2) is 71.4 Å². The average Bonchev–Trinajstić information content (AvgIpc) is 2.96. The minimum absolute atomic E-state index is 0.185. The van der Waals surface area contributed by atoms with Crippen LogP contribution in [0.15, 0.2) is 89.8 Å². The molecular weight excluding hydrogens is 546 g/mol. The van der Waals surface area contributed by atoms with Crippen LogP contribution in [-0.2, 0) is 37.4 Å². The number of piperidine rings is 1. The number of anilines is 1. The zero-order valence-corrected chi connectivity index (χ0v) is 23.7. The van der Waals surface area contributed by atoms with Gasteiger partial charge in [0.2, 0.25) is 15.9 Å². The van der Waals surface area contributed by atoms with Crippen LogP contribution >= 0.6 is 0 Å². The first-order valence-corrected chi connectivity index (χ1v) is 14.7. The molecule has 0 radical (unpaired) electrons. The molecule has 3 N–H and O–H groups in total. The summed E-state index contributed by atoms with van der Waals surface area (Å²) in [6.45, 7) is 4.21. The maximum absolute atomic E-state index is 13.2. The number of nitrogens with zero attached hydrogens (tertiary/aromatic N) is 2. The van der Waals surface area contributed by atoms with E-state index in [1.165, 1.54) is 18.1 Å². The quantitative estimate of drug-likeness (QED) is 0.325. The molecule has 1 fully saturated rings. The SMILES string of the molecule is CC(=O)Nc1ccc(S(=O)(=O)N2CCC(N(CCc3ccccc3)Cc3ccccc3)CC2)cc1.O=C(O)C(=O)O. The van der Waals surface area contributed by atoms with Crippen molar-refractivity contribution in [2.45, 2.75) is 43.7 Å². The molecule has 0 saturated carbocycles. The van der Waals surface area contributed by atoms with Crippen molar-refractivity contribution in [1.82, 2.24) is 9.21 Å². The molecule has 3 aromatic carbocycles. The van der Waals surface area contributed by atoms with Crippen molar-refractivity contribution in [2.75, 3.05) is 25.0 Å². The first-order chi connectivity index (χ1) is 19.6. The molecule has 0 bridgehead atoms. The number of carbonyl (C=O) groups is 3. The lowest BCUT2D eigenvalue weighted by Gasteiger charge is -2.38. The lowest BCUT2D eigenvalue weighted by Crippen LogP contribution is -2.47. The highest BCUT2D eigenvalue weighted by Gasteiger charge is 2.31. The molecule has 1 aliphatic rings. The molecular formula is C30H35N3O7S. The Labute approximate surface area is 240 Å². The van der Waals surface area contributed by atoms with E-state index in [0.717, 1.165) is 32.4 Å². The summed E-state index contributed by atoms with van der Waals surface area (Å²) in [4.78, 5) is 32.2. The molecule has 218 valence electrons. The molecule has 1 heterocycles. The number of rotatable bonds is 9. The van der Waals surface area contributed by atoms with E-state index in [0.29, 0.717) is 24.8 Å². The minimum Gasteiger partial charge on any atom is -0.473 e. The van der Waals surface area contributed by atoms with Gasteiger partial charge in [-0.05, 0) is 54.7 Å². The number of sulfonamides is 1. The summed E-state index contributed by atoms with van der Waals surface area (Å²) in [6.07, 6.45) is 2.56. The Kier molecular flexibility index (Phi) is 11.6. The lowest BCUT2D eigenvalue weighted by atomic mass is 10.0. The summed E-state index contributed by atoms with van der Waals surface area (Å²) in [6, 6.07) is 27.7. The number of benzene rings is 3. The molecule has 41 heavy (non-hydrogen) atoms. The van der Waals surface area contributed by atoms with E-state index in [4.69, 9.17) is 19.8 Å². The van der Waals surface area contributed by atoms with Crippen LogP contribution in [0.3, 0.4) is 0 Å². The minimum atomic E-state index is -3.57. The van der Waals surface area contributed by atoms with Crippen molar-refractivity contribution in [3.05, 3.63) is 96.1 Å². The van der Waals surface area contributed by atoms with Crippen molar-refractivity contribution in [2.24, 2.45) is 0 Å². The Morgan fingerprint density at radius 3 is 1.83 bits per heavy atom. The zero-order chi connectivity index (χ0) is 29.8. The number of hydrogen-bond acceptors (Lipinski definition) is 6. The Morgan fingerprint density at radius 2 is 1.34 bits per heavy atom.